The van der Waals surface area contributed by atoms with Crippen molar-refractivity contribution in [3.8, 4) is 0 Å². The van der Waals surface area contributed by atoms with E-state index in [-0.39, 0.29) is 5.91 Å². The molecule has 1 amide bonds. The van der Waals surface area contributed by atoms with Crippen molar-refractivity contribution in [1.82, 2.24) is 5.01 Å². The third-order valence-corrected chi connectivity index (χ3v) is 3.75. The van der Waals surface area contributed by atoms with Crippen LogP contribution >= 0.6 is 0 Å². The zero-order valence-electron chi connectivity index (χ0n) is 8.65. The predicted molar refractivity (Wildman–Crippen MR) is 52.8 cm³/mol. The number of hydrazine groups is 1. The van der Waals surface area contributed by atoms with Gasteiger partial charge in [0, 0.05) is 6.42 Å². The molecule has 80 valence electrons. The molecule has 3 fully saturated rings. The first kappa shape index (κ1) is 9.89. The summed E-state index contributed by atoms with van der Waals surface area (Å²) < 4.78 is 0.785. The molecule has 3 atom stereocenters. The van der Waals surface area contributed by atoms with Gasteiger partial charge in [-0.15, -0.1) is 0 Å². The van der Waals surface area contributed by atoms with Crippen LogP contribution in [-0.4, -0.2) is 54.2 Å². The maximum Gasteiger partial charge on any atom is 0.272 e. The van der Waals surface area contributed by atoms with E-state index < -0.39 is 0 Å². The molecule has 0 aromatic rings. The molecule has 0 spiro atoms. The van der Waals surface area contributed by atoms with Crippen molar-refractivity contribution in [3.05, 3.63) is 0 Å². The minimum Gasteiger partial charge on any atom is -0.365 e. The monoisotopic (exact) mass is 199 g/mol. The average molecular weight is 199 g/mol. The Labute approximate surface area is 84.2 Å². The Kier molecular flexibility index (Phi) is 2.25. The maximum atomic E-state index is 11.0. The van der Waals surface area contributed by atoms with Gasteiger partial charge in [-0.2, -0.15) is 0 Å². The zero-order chi connectivity index (χ0) is 10.3. The first-order valence-corrected chi connectivity index (χ1v) is 5.15. The molecule has 3 rings (SSSR count). The van der Waals surface area contributed by atoms with Gasteiger partial charge in [0.05, 0.1) is 26.2 Å². The van der Waals surface area contributed by atoms with Gasteiger partial charge in [-0.3, -0.25) is 10.6 Å². The van der Waals surface area contributed by atoms with Gasteiger partial charge in [0.1, 0.15) is 6.04 Å². The van der Waals surface area contributed by atoms with Crippen LogP contribution in [0.3, 0.4) is 0 Å². The van der Waals surface area contributed by atoms with Crippen LogP contribution in [0.1, 0.15) is 12.8 Å². The molecule has 4 N–H and O–H groups in total. The number of piperazine rings is 1. The molecule has 3 aliphatic rings. The van der Waals surface area contributed by atoms with Gasteiger partial charge in [-0.1, -0.05) is 0 Å². The summed E-state index contributed by atoms with van der Waals surface area (Å²) in [4.78, 5) is 11.0. The number of quaternary nitrogens is 1. The van der Waals surface area contributed by atoms with Crippen molar-refractivity contribution in [3.63, 3.8) is 0 Å². The van der Waals surface area contributed by atoms with Gasteiger partial charge in [0.15, 0.2) is 6.54 Å². The van der Waals surface area contributed by atoms with E-state index in [0.717, 1.165) is 24.0 Å². The number of likely N-dealkylation sites (N-methyl/N-ethyl adjacent to an activating group) is 1. The fourth-order valence-electron chi connectivity index (χ4n) is 2.92. The highest BCUT2D eigenvalue weighted by molar-refractivity contribution is 5.74. The smallest absolute Gasteiger partial charge is 0.272 e. The minimum atomic E-state index is -0.205. The Balaban J connectivity index is 2.12. The number of primary amides is 1. The summed E-state index contributed by atoms with van der Waals surface area (Å²) in [6.45, 7) is 2.31. The van der Waals surface area contributed by atoms with Gasteiger partial charge in [0.25, 0.3) is 5.91 Å². The molecule has 3 heterocycles. The minimum absolute atomic E-state index is 0.205. The van der Waals surface area contributed by atoms with Gasteiger partial charge >= 0.3 is 0 Å². The number of nitrogens with zero attached hydrogens (tertiary/aromatic N) is 2. The number of hydrogen-bond acceptors (Lipinski definition) is 3. The van der Waals surface area contributed by atoms with Crippen molar-refractivity contribution in [2.75, 3.05) is 26.7 Å². The standard InChI is InChI=1S/C9H18N4O/c1-13(6-9(10)14)5-7-2-3-8(13)4-12(7)11/h7-8H,2-6,11H2,1H3,(H-,10,14)/p+1/t7-,8+,13?/m1/s1. The highest BCUT2D eigenvalue weighted by Gasteiger charge is 2.47. The van der Waals surface area contributed by atoms with Crippen LogP contribution in [0.15, 0.2) is 0 Å². The van der Waals surface area contributed by atoms with Crippen LogP contribution in [-0.2, 0) is 4.79 Å². The lowest BCUT2D eigenvalue weighted by atomic mass is 9.90. The number of amides is 1. The summed E-state index contributed by atoms with van der Waals surface area (Å²) in [5.41, 5.74) is 5.28. The molecule has 3 saturated heterocycles. The molecule has 3 aliphatic heterocycles. The van der Waals surface area contributed by atoms with Gasteiger partial charge < -0.3 is 10.2 Å². The average Bonchev–Trinajstić information content (AvgIpc) is 2.05. The van der Waals surface area contributed by atoms with Crippen LogP contribution < -0.4 is 11.6 Å². The van der Waals surface area contributed by atoms with E-state index in [2.05, 4.69) is 7.05 Å². The Morgan fingerprint density at radius 2 is 2.29 bits per heavy atom. The fourth-order valence-corrected chi connectivity index (χ4v) is 2.92. The van der Waals surface area contributed by atoms with Crippen molar-refractivity contribution in [2.45, 2.75) is 24.9 Å². The second-order valence-electron chi connectivity index (χ2n) is 4.87. The Morgan fingerprint density at radius 1 is 1.57 bits per heavy atom. The SMILES string of the molecule is C[N+]1(CC(N)=O)C[C@H]2CC[C@H]1CN2N. The van der Waals surface area contributed by atoms with Gasteiger partial charge in [-0.25, -0.2) is 5.01 Å². The van der Waals surface area contributed by atoms with Crippen LogP contribution in [0, 0.1) is 0 Å². The van der Waals surface area contributed by atoms with Crippen molar-refractivity contribution in [1.29, 1.82) is 0 Å². The number of carbonyl (C=O) groups excluding carboxylic acids is 1. The topological polar surface area (TPSA) is 72.4 Å². The first-order valence-electron chi connectivity index (χ1n) is 5.15. The molecule has 5 heteroatoms. The Hall–Kier alpha value is -0.650. The van der Waals surface area contributed by atoms with E-state index >= 15 is 0 Å². The van der Waals surface area contributed by atoms with E-state index in [4.69, 9.17) is 11.6 Å². The molecule has 5 nitrogen and oxygen atoms in total. The number of fused-ring (bicyclic) bond motifs is 3. The first-order chi connectivity index (χ1) is 6.51. The van der Waals surface area contributed by atoms with Crippen molar-refractivity contribution >= 4 is 5.91 Å². The van der Waals surface area contributed by atoms with E-state index in [0.29, 0.717) is 18.6 Å². The number of hydrogen-bond donors (Lipinski definition) is 2. The second-order valence-corrected chi connectivity index (χ2v) is 4.87. The Morgan fingerprint density at radius 3 is 2.71 bits per heavy atom. The molecule has 1 unspecified atom stereocenters. The van der Waals surface area contributed by atoms with Crippen molar-refractivity contribution < 1.29 is 9.28 Å². The second kappa shape index (κ2) is 3.18. The van der Waals surface area contributed by atoms with Crippen LogP contribution in [0.4, 0.5) is 0 Å². The summed E-state index contributed by atoms with van der Waals surface area (Å²) in [6.07, 6.45) is 2.33. The number of nitrogens with two attached hydrogens (primary N) is 2. The summed E-state index contributed by atoms with van der Waals surface area (Å²) in [6, 6.07) is 0.918. The highest BCUT2D eigenvalue weighted by atomic mass is 16.1. The molecule has 0 saturated carbocycles. The molecular formula is C9H19N4O+. The largest absolute Gasteiger partial charge is 0.365 e. The molecule has 14 heavy (non-hydrogen) atoms. The van der Waals surface area contributed by atoms with E-state index in [1.54, 1.807) is 0 Å². The van der Waals surface area contributed by atoms with Crippen LogP contribution in [0.2, 0.25) is 0 Å². The summed E-state index contributed by atoms with van der Waals surface area (Å²) in [7, 11) is 2.12. The quantitative estimate of drug-likeness (QED) is 0.426. The predicted octanol–water partition coefficient (Wildman–Crippen LogP) is -1.36. The fraction of sp³-hybridized carbons (Fsp3) is 0.889. The normalized spacial score (nSPS) is 42.7. The van der Waals surface area contributed by atoms with Gasteiger partial charge in [-0.05, 0) is 6.42 Å². The number of carbonyl (C=O) groups is 1. The highest BCUT2D eigenvalue weighted by Crippen LogP contribution is 2.31. The third kappa shape index (κ3) is 1.51. The van der Waals surface area contributed by atoms with E-state index in [1.165, 1.54) is 6.42 Å². The molecule has 0 aliphatic carbocycles. The molecular weight excluding hydrogens is 180 g/mol. The Bertz CT molecular complexity index is 257. The number of rotatable bonds is 2. The summed E-state index contributed by atoms with van der Waals surface area (Å²) >= 11 is 0. The lowest BCUT2D eigenvalue weighted by Gasteiger charge is -2.54. The molecule has 0 aromatic carbocycles. The molecule has 0 aromatic heterocycles. The molecule has 2 bridgehead atoms. The molecule has 0 radical (unpaired) electrons. The van der Waals surface area contributed by atoms with E-state index in [9.17, 15) is 4.79 Å². The van der Waals surface area contributed by atoms with E-state index in [1.807, 2.05) is 5.01 Å². The lowest BCUT2D eigenvalue weighted by Crippen LogP contribution is -2.73. The maximum absolute atomic E-state index is 11.0. The third-order valence-electron chi connectivity index (χ3n) is 3.75. The number of piperidine rings is 2. The zero-order valence-corrected chi connectivity index (χ0v) is 8.65. The van der Waals surface area contributed by atoms with Gasteiger partial charge in [0.2, 0.25) is 0 Å². The van der Waals surface area contributed by atoms with Crippen molar-refractivity contribution in [2.24, 2.45) is 11.6 Å². The van der Waals surface area contributed by atoms with Crippen LogP contribution in [0.5, 0.6) is 0 Å². The lowest BCUT2D eigenvalue weighted by molar-refractivity contribution is -0.939. The summed E-state index contributed by atoms with van der Waals surface area (Å²) in [5, 5.41) is 1.93. The van der Waals surface area contributed by atoms with Crippen LogP contribution in [0.25, 0.3) is 0 Å². The summed E-state index contributed by atoms with van der Waals surface area (Å²) in [5.74, 6) is 5.67.